The molecule has 1 fully saturated rings. The Morgan fingerprint density at radius 2 is 1.71 bits per heavy atom. The maximum Gasteiger partial charge on any atom is 0.407 e. The summed E-state index contributed by atoms with van der Waals surface area (Å²) < 4.78 is 5.53. The number of carbonyl (C=O) groups excluding carboxylic acids is 2. The van der Waals surface area contributed by atoms with Crippen LogP contribution < -0.4 is 5.32 Å². The number of carbonyl (C=O) groups is 3. The van der Waals surface area contributed by atoms with Gasteiger partial charge in [0.1, 0.15) is 6.61 Å². The van der Waals surface area contributed by atoms with Crippen LogP contribution in [0.2, 0.25) is 0 Å². The van der Waals surface area contributed by atoms with Crippen molar-refractivity contribution in [1.82, 2.24) is 10.2 Å². The van der Waals surface area contributed by atoms with Crippen LogP contribution in [-0.2, 0) is 14.3 Å². The van der Waals surface area contributed by atoms with Gasteiger partial charge in [-0.2, -0.15) is 0 Å². The number of rotatable bonds is 9. The lowest BCUT2D eigenvalue weighted by Gasteiger charge is -2.23. The summed E-state index contributed by atoms with van der Waals surface area (Å²) in [6, 6.07) is 16.4. The minimum absolute atomic E-state index is 0.0160. The third-order valence-electron chi connectivity index (χ3n) is 7.27. The van der Waals surface area contributed by atoms with E-state index in [1.165, 1.54) is 22.3 Å². The quantitative estimate of drug-likeness (QED) is 0.536. The molecule has 7 nitrogen and oxygen atoms in total. The van der Waals surface area contributed by atoms with Gasteiger partial charge in [-0.15, -0.1) is 0 Å². The predicted molar refractivity (Wildman–Crippen MR) is 128 cm³/mol. The first-order valence-corrected chi connectivity index (χ1v) is 12.1. The second-order valence-electron chi connectivity index (χ2n) is 9.21. The van der Waals surface area contributed by atoms with Crippen LogP contribution in [0.3, 0.4) is 0 Å². The van der Waals surface area contributed by atoms with Crippen LogP contribution in [0, 0.1) is 5.41 Å². The zero-order chi connectivity index (χ0) is 24.1. The minimum Gasteiger partial charge on any atom is -0.481 e. The number of carboxylic acids is 1. The summed E-state index contributed by atoms with van der Waals surface area (Å²) in [4.78, 5) is 37.9. The molecule has 2 aromatic carbocycles. The topological polar surface area (TPSA) is 95.9 Å². The molecular formula is C27H32N2O5. The van der Waals surface area contributed by atoms with E-state index in [9.17, 15) is 19.5 Å². The summed E-state index contributed by atoms with van der Waals surface area (Å²) >= 11 is 0. The number of aliphatic carboxylic acids is 1. The molecule has 2 aliphatic rings. The fourth-order valence-electron chi connectivity index (χ4n) is 5.10. The van der Waals surface area contributed by atoms with E-state index < -0.39 is 17.5 Å². The number of hydrogen-bond acceptors (Lipinski definition) is 4. The SMILES string of the molecule is CCC1(C(=O)O)CCN(C(=O)CCCCNC(=O)OCC2c3ccccc3-c3ccccc32)C1. The van der Waals surface area contributed by atoms with Crippen molar-refractivity contribution in [2.45, 2.75) is 44.9 Å². The van der Waals surface area contributed by atoms with Crippen molar-refractivity contribution in [2.24, 2.45) is 5.41 Å². The molecular weight excluding hydrogens is 432 g/mol. The number of benzene rings is 2. The van der Waals surface area contributed by atoms with Crippen molar-refractivity contribution in [1.29, 1.82) is 0 Å². The number of unbranched alkanes of at least 4 members (excludes halogenated alkanes) is 1. The van der Waals surface area contributed by atoms with Gasteiger partial charge in [-0.05, 0) is 47.9 Å². The summed E-state index contributed by atoms with van der Waals surface area (Å²) in [7, 11) is 0. The van der Waals surface area contributed by atoms with E-state index in [2.05, 4.69) is 29.6 Å². The highest BCUT2D eigenvalue weighted by Gasteiger charge is 2.44. The number of nitrogens with one attached hydrogen (secondary N) is 1. The lowest BCUT2D eigenvalue weighted by atomic mass is 9.84. The third kappa shape index (κ3) is 4.79. The fraction of sp³-hybridized carbons (Fsp3) is 0.444. The molecule has 7 heteroatoms. The van der Waals surface area contributed by atoms with Gasteiger partial charge in [0.25, 0.3) is 0 Å². The van der Waals surface area contributed by atoms with Crippen molar-refractivity contribution < 1.29 is 24.2 Å². The van der Waals surface area contributed by atoms with Gasteiger partial charge in [-0.25, -0.2) is 4.79 Å². The minimum atomic E-state index is -0.822. The Morgan fingerprint density at radius 1 is 1.06 bits per heavy atom. The molecule has 1 aliphatic heterocycles. The second kappa shape index (κ2) is 10.3. The number of alkyl carbamates (subject to hydrolysis) is 1. The Bertz CT molecular complexity index is 1020. The first-order valence-electron chi connectivity index (χ1n) is 12.1. The summed E-state index contributed by atoms with van der Waals surface area (Å²) in [5, 5.41) is 12.3. The number of fused-ring (bicyclic) bond motifs is 3. The lowest BCUT2D eigenvalue weighted by molar-refractivity contribution is -0.148. The van der Waals surface area contributed by atoms with Gasteiger partial charge in [0.2, 0.25) is 5.91 Å². The van der Waals surface area contributed by atoms with E-state index in [-0.39, 0.29) is 25.0 Å². The largest absolute Gasteiger partial charge is 0.481 e. The van der Waals surface area contributed by atoms with Crippen molar-refractivity contribution in [2.75, 3.05) is 26.2 Å². The molecule has 2 amide bonds. The van der Waals surface area contributed by atoms with Crippen LogP contribution >= 0.6 is 0 Å². The van der Waals surface area contributed by atoms with Crippen LogP contribution in [0.4, 0.5) is 4.79 Å². The Hall–Kier alpha value is -3.35. The summed E-state index contributed by atoms with van der Waals surface area (Å²) in [6.07, 6.45) is 2.21. The highest BCUT2D eigenvalue weighted by Crippen LogP contribution is 2.44. The van der Waals surface area contributed by atoms with E-state index >= 15 is 0 Å². The van der Waals surface area contributed by atoms with Crippen LogP contribution in [0.1, 0.15) is 56.1 Å². The molecule has 0 saturated carbocycles. The van der Waals surface area contributed by atoms with Crippen molar-refractivity contribution in [3.63, 3.8) is 0 Å². The van der Waals surface area contributed by atoms with Crippen LogP contribution in [0.15, 0.2) is 48.5 Å². The molecule has 1 saturated heterocycles. The number of carboxylic acid groups (broad SMARTS) is 1. The van der Waals surface area contributed by atoms with Gasteiger partial charge in [-0.1, -0.05) is 55.5 Å². The molecule has 1 unspecified atom stereocenters. The Kier molecular flexibility index (Phi) is 7.20. The molecule has 0 aromatic heterocycles. The molecule has 1 aliphatic carbocycles. The molecule has 1 atom stereocenters. The number of likely N-dealkylation sites (tertiary alicyclic amines) is 1. The maximum absolute atomic E-state index is 12.4. The van der Waals surface area contributed by atoms with E-state index in [0.717, 1.165) is 0 Å². The summed E-state index contributed by atoms with van der Waals surface area (Å²) in [6.45, 7) is 3.35. The van der Waals surface area contributed by atoms with Gasteiger partial charge < -0.3 is 20.1 Å². The van der Waals surface area contributed by atoms with E-state index in [0.29, 0.717) is 45.2 Å². The highest BCUT2D eigenvalue weighted by molar-refractivity contribution is 5.81. The summed E-state index contributed by atoms with van der Waals surface area (Å²) in [5.41, 5.74) is 3.92. The first-order chi connectivity index (χ1) is 16.4. The Morgan fingerprint density at radius 3 is 2.29 bits per heavy atom. The molecule has 0 radical (unpaired) electrons. The number of nitrogens with zero attached hydrogens (tertiary/aromatic N) is 1. The van der Waals surface area contributed by atoms with Crippen molar-refractivity contribution >= 4 is 18.0 Å². The second-order valence-corrected chi connectivity index (χ2v) is 9.21. The molecule has 2 N–H and O–H groups in total. The zero-order valence-corrected chi connectivity index (χ0v) is 19.6. The lowest BCUT2D eigenvalue weighted by Crippen LogP contribution is -2.36. The number of ether oxygens (including phenoxy) is 1. The normalized spacial score (nSPS) is 18.9. The highest BCUT2D eigenvalue weighted by atomic mass is 16.5. The Balaban J connectivity index is 1.17. The van der Waals surface area contributed by atoms with Crippen LogP contribution in [0.25, 0.3) is 11.1 Å². The van der Waals surface area contributed by atoms with Crippen molar-refractivity contribution in [3.8, 4) is 11.1 Å². The molecule has 2 aromatic rings. The zero-order valence-electron chi connectivity index (χ0n) is 19.6. The van der Waals surface area contributed by atoms with Crippen molar-refractivity contribution in [3.05, 3.63) is 59.7 Å². The van der Waals surface area contributed by atoms with Gasteiger partial charge in [0.05, 0.1) is 5.41 Å². The number of hydrogen-bond donors (Lipinski definition) is 2. The van der Waals surface area contributed by atoms with Gasteiger partial charge in [0.15, 0.2) is 0 Å². The van der Waals surface area contributed by atoms with E-state index in [1.807, 2.05) is 31.2 Å². The maximum atomic E-state index is 12.4. The average Bonchev–Trinajstić information content (AvgIpc) is 3.43. The molecule has 34 heavy (non-hydrogen) atoms. The Labute approximate surface area is 200 Å². The molecule has 180 valence electrons. The van der Waals surface area contributed by atoms with Gasteiger partial charge >= 0.3 is 12.1 Å². The number of amides is 2. The first kappa shape index (κ1) is 23.8. The molecule has 4 rings (SSSR count). The summed E-state index contributed by atoms with van der Waals surface area (Å²) in [5.74, 6) is -0.812. The van der Waals surface area contributed by atoms with Gasteiger partial charge in [-0.3, -0.25) is 9.59 Å². The predicted octanol–water partition coefficient (Wildman–Crippen LogP) is 4.41. The van der Waals surface area contributed by atoms with Crippen LogP contribution in [-0.4, -0.2) is 54.2 Å². The monoisotopic (exact) mass is 464 g/mol. The van der Waals surface area contributed by atoms with E-state index in [1.54, 1.807) is 4.90 Å². The molecule has 0 spiro atoms. The van der Waals surface area contributed by atoms with Gasteiger partial charge in [0, 0.05) is 32.0 Å². The average molecular weight is 465 g/mol. The standard InChI is InChI=1S/C27H32N2O5/c1-2-27(25(31)32)14-16-29(18-27)24(30)13-7-8-15-28-26(33)34-17-23-21-11-5-3-9-19(21)20-10-4-6-12-22(20)23/h3-6,9-12,23H,2,7-8,13-18H2,1H3,(H,28,33)(H,31,32). The van der Waals surface area contributed by atoms with E-state index in [4.69, 9.17) is 4.74 Å². The molecule has 1 heterocycles. The molecule has 0 bridgehead atoms. The smallest absolute Gasteiger partial charge is 0.407 e. The third-order valence-corrected chi connectivity index (χ3v) is 7.27. The fourth-order valence-corrected chi connectivity index (χ4v) is 5.10. The van der Waals surface area contributed by atoms with Crippen LogP contribution in [0.5, 0.6) is 0 Å².